The van der Waals surface area contributed by atoms with Gasteiger partial charge in [0, 0.05) is 0 Å². The molecule has 0 fully saturated rings. The lowest BCUT2D eigenvalue weighted by Crippen LogP contribution is -2.15. The Morgan fingerprint density at radius 2 is 1.69 bits per heavy atom. The fourth-order valence-electron chi connectivity index (χ4n) is 1.44. The van der Waals surface area contributed by atoms with E-state index in [9.17, 15) is 0 Å². The predicted octanol–water partition coefficient (Wildman–Crippen LogP) is 3.91. The molecule has 2 heteroatoms. The second kappa shape index (κ2) is 5.35. The molecule has 0 saturated carbocycles. The molecule has 0 aliphatic carbocycles. The molecule has 0 spiro atoms. The summed E-state index contributed by atoms with van der Waals surface area (Å²) < 4.78 is 10.8. The first kappa shape index (κ1) is 13.0. The summed E-state index contributed by atoms with van der Waals surface area (Å²) in [5, 5.41) is 0. The molecule has 0 saturated heterocycles. The molecule has 16 heavy (non-hydrogen) atoms. The van der Waals surface area contributed by atoms with Crippen molar-refractivity contribution in [2.75, 3.05) is 0 Å². The van der Waals surface area contributed by atoms with Gasteiger partial charge in [-0.25, -0.2) is 0 Å². The van der Waals surface area contributed by atoms with Gasteiger partial charge in [0.15, 0.2) is 6.29 Å². The molecule has 0 aromatic heterocycles. The lowest BCUT2D eigenvalue weighted by atomic mass is 9.87. The molecule has 89 valence electrons. The minimum atomic E-state index is -0.245. The summed E-state index contributed by atoms with van der Waals surface area (Å²) in [5.74, 6) is 0.836. The van der Waals surface area contributed by atoms with Crippen LogP contribution in [0.3, 0.4) is 0 Å². The summed E-state index contributed by atoms with van der Waals surface area (Å²) in [6.45, 7) is 11.9. The van der Waals surface area contributed by atoms with Gasteiger partial charge in [-0.05, 0) is 37.0 Å². The van der Waals surface area contributed by atoms with Gasteiger partial charge < -0.3 is 9.47 Å². The molecule has 1 aromatic carbocycles. The van der Waals surface area contributed by atoms with Gasteiger partial charge in [-0.15, -0.1) is 0 Å². The van der Waals surface area contributed by atoms with Crippen LogP contribution in [0.15, 0.2) is 24.3 Å². The molecule has 0 aliphatic rings. The maximum atomic E-state index is 5.57. The van der Waals surface area contributed by atoms with E-state index in [2.05, 4.69) is 32.9 Å². The third kappa shape index (κ3) is 3.86. The summed E-state index contributed by atoms with van der Waals surface area (Å²) in [6.07, 6.45) is -0.245. The van der Waals surface area contributed by atoms with E-state index in [1.807, 2.05) is 26.0 Å². The van der Waals surface area contributed by atoms with Gasteiger partial charge in [0.05, 0.1) is 6.61 Å². The molecule has 1 rings (SSSR count). The topological polar surface area (TPSA) is 18.5 Å². The Labute approximate surface area is 98.6 Å². The van der Waals surface area contributed by atoms with Crippen LogP contribution in [-0.4, -0.2) is 6.29 Å². The minimum absolute atomic E-state index is 0.178. The highest BCUT2D eigenvalue weighted by Gasteiger charge is 2.13. The molecule has 0 aliphatic heterocycles. The predicted molar refractivity (Wildman–Crippen MR) is 66.3 cm³/mol. The fraction of sp³-hybridized carbons (Fsp3) is 0.500. The highest BCUT2D eigenvalue weighted by Crippen LogP contribution is 2.24. The van der Waals surface area contributed by atoms with E-state index >= 15 is 0 Å². The maximum absolute atomic E-state index is 5.57. The molecule has 2 nitrogen and oxygen atoms in total. The molecule has 0 N–H and O–H groups in total. The van der Waals surface area contributed by atoms with E-state index in [-0.39, 0.29) is 11.7 Å². The normalized spacial score (nSPS) is 13.6. The molecule has 0 bridgehead atoms. The Morgan fingerprint density at radius 3 is 2.12 bits per heavy atom. The summed E-state index contributed by atoms with van der Waals surface area (Å²) >= 11 is 0. The van der Waals surface area contributed by atoms with Gasteiger partial charge in [0.2, 0.25) is 0 Å². The quantitative estimate of drug-likeness (QED) is 0.718. The van der Waals surface area contributed by atoms with Crippen LogP contribution in [0, 0.1) is 6.61 Å². The van der Waals surface area contributed by atoms with Crippen LogP contribution in [0.25, 0.3) is 0 Å². The molecule has 1 atom stereocenters. The molecule has 1 aromatic rings. The van der Waals surface area contributed by atoms with Crippen molar-refractivity contribution < 1.29 is 9.47 Å². The Balaban J connectivity index is 2.65. The van der Waals surface area contributed by atoms with Crippen molar-refractivity contribution in [3.8, 4) is 5.75 Å². The minimum Gasteiger partial charge on any atom is -0.465 e. The van der Waals surface area contributed by atoms with Gasteiger partial charge in [0.25, 0.3) is 0 Å². The summed E-state index contributed by atoms with van der Waals surface area (Å²) in [5.41, 5.74) is 1.48. The third-order valence-corrected chi connectivity index (χ3v) is 2.35. The highest BCUT2D eigenvalue weighted by atomic mass is 16.7. The Bertz CT molecular complexity index is 309. The Kier molecular flexibility index (Phi) is 4.36. The first-order chi connectivity index (χ1) is 7.43. The number of hydrogen-bond donors (Lipinski definition) is 0. The lowest BCUT2D eigenvalue weighted by Gasteiger charge is -2.20. The summed E-state index contributed by atoms with van der Waals surface area (Å²) in [4.78, 5) is 0. The zero-order chi connectivity index (χ0) is 12.2. The van der Waals surface area contributed by atoms with Crippen molar-refractivity contribution in [1.29, 1.82) is 0 Å². The standard InChI is InChI=1S/C14H21O2/c1-6-15-11(2)16-13-9-7-12(8-10-13)14(3,4)5/h6-11H,1-5H3. The van der Waals surface area contributed by atoms with Crippen molar-refractivity contribution in [3.63, 3.8) is 0 Å². The largest absolute Gasteiger partial charge is 0.465 e. The van der Waals surface area contributed by atoms with Gasteiger partial charge in [0.1, 0.15) is 5.75 Å². The number of benzene rings is 1. The van der Waals surface area contributed by atoms with Gasteiger partial charge in [-0.3, -0.25) is 0 Å². The van der Waals surface area contributed by atoms with Crippen molar-refractivity contribution in [2.45, 2.75) is 46.3 Å². The van der Waals surface area contributed by atoms with Crippen LogP contribution in [0.2, 0.25) is 0 Å². The first-order valence-electron chi connectivity index (χ1n) is 5.64. The second-order valence-corrected chi connectivity index (χ2v) is 4.83. The third-order valence-electron chi connectivity index (χ3n) is 2.35. The van der Waals surface area contributed by atoms with Crippen LogP contribution in [-0.2, 0) is 10.2 Å². The van der Waals surface area contributed by atoms with Gasteiger partial charge in [-0.1, -0.05) is 32.9 Å². The average molecular weight is 221 g/mol. The zero-order valence-electron chi connectivity index (χ0n) is 10.8. The van der Waals surface area contributed by atoms with Crippen LogP contribution in [0.1, 0.15) is 40.2 Å². The molecular weight excluding hydrogens is 200 g/mol. The van der Waals surface area contributed by atoms with E-state index < -0.39 is 0 Å². The zero-order valence-corrected chi connectivity index (χ0v) is 10.8. The average Bonchev–Trinajstić information content (AvgIpc) is 2.17. The SMILES string of the molecule is C[CH]OC(C)Oc1ccc(C(C)(C)C)cc1. The van der Waals surface area contributed by atoms with Gasteiger partial charge >= 0.3 is 0 Å². The summed E-state index contributed by atoms with van der Waals surface area (Å²) in [7, 11) is 0. The van der Waals surface area contributed by atoms with Crippen molar-refractivity contribution >= 4 is 0 Å². The number of rotatable bonds is 4. The van der Waals surface area contributed by atoms with E-state index in [1.165, 1.54) is 5.56 Å². The monoisotopic (exact) mass is 221 g/mol. The highest BCUT2D eigenvalue weighted by molar-refractivity contribution is 5.31. The van der Waals surface area contributed by atoms with Crippen molar-refractivity contribution in [3.05, 3.63) is 36.4 Å². The first-order valence-corrected chi connectivity index (χ1v) is 5.64. The van der Waals surface area contributed by atoms with Crippen LogP contribution >= 0.6 is 0 Å². The van der Waals surface area contributed by atoms with Crippen LogP contribution in [0.4, 0.5) is 0 Å². The number of hydrogen-bond acceptors (Lipinski definition) is 2. The summed E-state index contributed by atoms with van der Waals surface area (Å²) in [6, 6.07) is 8.15. The fourth-order valence-corrected chi connectivity index (χ4v) is 1.44. The Hall–Kier alpha value is -1.02. The maximum Gasteiger partial charge on any atom is 0.197 e. The van der Waals surface area contributed by atoms with E-state index in [0.29, 0.717) is 0 Å². The Morgan fingerprint density at radius 1 is 1.12 bits per heavy atom. The molecule has 1 radical (unpaired) electrons. The van der Waals surface area contributed by atoms with Crippen molar-refractivity contribution in [1.82, 2.24) is 0 Å². The van der Waals surface area contributed by atoms with E-state index in [0.717, 1.165) is 5.75 Å². The van der Waals surface area contributed by atoms with E-state index in [4.69, 9.17) is 9.47 Å². The van der Waals surface area contributed by atoms with Gasteiger partial charge in [-0.2, -0.15) is 0 Å². The van der Waals surface area contributed by atoms with Crippen LogP contribution in [0.5, 0.6) is 5.75 Å². The van der Waals surface area contributed by atoms with Crippen LogP contribution < -0.4 is 4.74 Å². The second-order valence-electron chi connectivity index (χ2n) is 4.83. The molecule has 0 amide bonds. The lowest BCUT2D eigenvalue weighted by molar-refractivity contribution is -0.0335. The molecule has 0 heterocycles. The molecule has 1 unspecified atom stereocenters. The molecular formula is C14H21O2. The smallest absolute Gasteiger partial charge is 0.197 e. The number of ether oxygens (including phenoxy) is 2. The van der Waals surface area contributed by atoms with E-state index in [1.54, 1.807) is 6.61 Å². The van der Waals surface area contributed by atoms with Crippen molar-refractivity contribution in [2.24, 2.45) is 0 Å².